The molecule has 2 aromatic carbocycles. The van der Waals surface area contributed by atoms with E-state index in [1.165, 1.54) is 0 Å². The van der Waals surface area contributed by atoms with Crippen LogP contribution in [-0.4, -0.2) is 66.6 Å². The van der Waals surface area contributed by atoms with E-state index in [1.54, 1.807) is 11.3 Å². The Labute approximate surface area is 174 Å². The molecule has 1 fully saturated rings. The summed E-state index contributed by atoms with van der Waals surface area (Å²) in [6, 6.07) is 17.9. The molecule has 0 N–H and O–H groups in total. The highest BCUT2D eigenvalue weighted by molar-refractivity contribution is 7.18. The van der Waals surface area contributed by atoms with Gasteiger partial charge in [-0.25, -0.2) is 4.98 Å². The van der Waals surface area contributed by atoms with Crippen LogP contribution in [0.15, 0.2) is 54.6 Å². The predicted molar refractivity (Wildman–Crippen MR) is 114 cm³/mol. The molecule has 0 bridgehead atoms. The molecule has 1 saturated heterocycles. The molecular weight excluding hydrogens is 386 g/mol. The van der Waals surface area contributed by atoms with Gasteiger partial charge in [0.1, 0.15) is 24.0 Å². The molecule has 0 spiro atoms. The number of thiazole rings is 1. The Morgan fingerprint density at radius 3 is 2.55 bits per heavy atom. The smallest absolute Gasteiger partial charge is 0.248 e. The first-order valence-electron chi connectivity index (χ1n) is 9.88. The number of piperazine rings is 1. The van der Waals surface area contributed by atoms with Gasteiger partial charge in [0.05, 0.1) is 16.8 Å². The number of carbonyl (C=O) groups is 1. The second kappa shape index (κ2) is 9.82. The number of aromatic nitrogens is 1. The predicted octanol–water partition coefficient (Wildman–Crippen LogP) is 3.04. The minimum atomic E-state index is 0.0475. The fourth-order valence-corrected chi connectivity index (χ4v) is 4.23. The van der Waals surface area contributed by atoms with E-state index in [4.69, 9.17) is 9.47 Å². The van der Waals surface area contributed by atoms with E-state index in [2.05, 4.69) is 9.88 Å². The van der Waals surface area contributed by atoms with Gasteiger partial charge in [-0.3, -0.25) is 9.69 Å². The third-order valence-corrected chi connectivity index (χ3v) is 5.94. The molecule has 29 heavy (non-hydrogen) atoms. The van der Waals surface area contributed by atoms with E-state index >= 15 is 0 Å². The molecule has 0 unspecified atom stereocenters. The maximum Gasteiger partial charge on any atom is 0.248 e. The SMILES string of the molecule is O=C(COCc1nc2ccccc2s1)N1CCN(CCOc2ccccc2)CC1. The molecule has 1 aromatic heterocycles. The molecule has 2 heterocycles. The van der Waals surface area contributed by atoms with Crippen LogP contribution in [0.3, 0.4) is 0 Å². The Bertz CT molecular complexity index is 890. The van der Waals surface area contributed by atoms with Crippen molar-refractivity contribution in [2.75, 3.05) is 45.9 Å². The monoisotopic (exact) mass is 411 g/mol. The van der Waals surface area contributed by atoms with Crippen LogP contribution in [0.4, 0.5) is 0 Å². The van der Waals surface area contributed by atoms with Gasteiger partial charge in [0.25, 0.3) is 0 Å². The zero-order valence-electron chi connectivity index (χ0n) is 16.3. The lowest BCUT2D eigenvalue weighted by molar-refractivity contribution is -0.138. The average Bonchev–Trinajstić information content (AvgIpc) is 3.18. The standard InChI is InChI=1S/C22H25N3O3S/c26-22(17-27-16-21-23-19-8-4-5-9-20(19)29-21)25-12-10-24(11-13-25)14-15-28-18-6-2-1-3-7-18/h1-9H,10-17H2. The molecule has 0 radical (unpaired) electrons. The Kier molecular flexibility index (Phi) is 6.71. The molecule has 1 aliphatic heterocycles. The van der Waals surface area contributed by atoms with Gasteiger partial charge in [0.2, 0.25) is 5.91 Å². The molecule has 6 nitrogen and oxygen atoms in total. The van der Waals surface area contributed by atoms with E-state index in [1.807, 2.05) is 59.5 Å². The molecule has 152 valence electrons. The first kappa shape index (κ1) is 19.8. The second-order valence-electron chi connectivity index (χ2n) is 6.95. The molecule has 1 amide bonds. The first-order valence-corrected chi connectivity index (χ1v) is 10.7. The van der Waals surface area contributed by atoms with E-state index < -0.39 is 0 Å². The van der Waals surface area contributed by atoms with Crippen molar-refractivity contribution in [1.82, 2.24) is 14.8 Å². The fraction of sp³-hybridized carbons (Fsp3) is 0.364. The number of ether oxygens (including phenoxy) is 2. The molecule has 0 atom stereocenters. The van der Waals surface area contributed by atoms with Gasteiger partial charge in [-0.05, 0) is 24.3 Å². The molecular formula is C22H25N3O3S. The Balaban J connectivity index is 1.13. The van der Waals surface area contributed by atoms with Crippen LogP contribution in [0.5, 0.6) is 5.75 Å². The van der Waals surface area contributed by atoms with Crippen molar-refractivity contribution in [3.8, 4) is 5.75 Å². The lowest BCUT2D eigenvalue weighted by Gasteiger charge is -2.34. The Morgan fingerprint density at radius 2 is 1.76 bits per heavy atom. The summed E-state index contributed by atoms with van der Waals surface area (Å²) in [4.78, 5) is 21.1. The summed E-state index contributed by atoms with van der Waals surface area (Å²) in [5.74, 6) is 0.942. The maximum absolute atomic E-state index is 12.4. The van der Waals surface area contributed by atoms with Crippen molar-refractivity contribution < 1.29 is 14.3 Å². The van der Waals surface area contributed by atoms with Crippen molar-refractivity contribution >= 4 is 27.5 Å². The summed E-state index contributed by atoms with van der Waals surface area (Å²) < 4.78 is 12.5. The van der Waals surface area contributed by atoms with Crippen LogP contribution in [0.1, 0.15) is 5.01 Å². The van der Waals surface area contributed by atoms with Gasteiger partial charge in [0, 0.05) is 32.7 Å². The topological polar surface area (TPSA) is 54.9 Å². The van der Waals surface area contributed by atoms with Crippen LogP contribution in [0.2, 0.25) is 0 Å². The van der Waals surface area contributed by atoms with Crippen molar-refractivity contribution in [3.05, 3.63) is 59.6 Å². The summed E-state index contributed by atoms with van der Waals surface area (Å²) in [7, 11) is 0. The summed E-state index contributed by atoms with van der Waals surface area (Å²) in [6.45, 7) is 5.19. The van der Waals surface area contributed by atoms with Crippen molar-refractivity contribution in [2.45, 2.75) is 6.61 Å². The van der Waals surface area contributed by atoms with Crippen molar-refractivity contribution in [2.24, 2.45) is 0 Å². The van der Waals surface area contributed by atoms with Crippen LogP contribution < -0.4 is 4.74 Å². The van der Waals surface area contributed by atoms with Crippen LogP contribution >= 0.6 is 11.3 Å². The number of hydrogen-bond acceptors (Lipinski definition) is 6. The van der Waals surface area contributed by atoms with Gasteiger partial charge in [-0.15, -0.1) is 11.3 Å². The zero-order valence-corrected chi connectivity index (χ0v) is 17.1. The second-order valence-corrected chi connectivity index (χ2v) is 8.07. The summed E-state index contributed by atoms with van der Waals surface area (Å²) >= 11 is 1.61. The zero-order chi connectivity index (χ0) is 19.9. The number of benzene rings is 2. The number of amides is 1. The third-order valence-electron chi connectivity index (χ3n) is 4.93. The number of fused-ring (bicyclic) bond motifs is 1. The van der Waals surface area contributed by atoms with E-state index in [9.17, 15) is 4.79 Å². The maximum atomic E-state index is 12.4. The molecule has 4 rings (SSSR count). The van der Waals surface area contributed by atoms with Crippen molar-refractivity contribution in [3.63, 3.8) is 0 Å². The van der Waals surface area contributed by atoms with Gasteiger partial charge >= 0.3 is 0 Å². The first-order chi connectivity index (χ1) is 14.3. The minimum Gasteiger partial charge on any atom is -0.492 e. The molecule has 3 aromatic rings. The van der Waals surface area contributed by atoms with Gasteiger partial charge < -0.3 is 14.4 Å². The van der Waals surface area contributed by atoms with Gasteiger partial charge in [-0.2, -0.15) is 0 Å². The quantitative estimate of drug-likeness (QED) is 0.570. The number of para-hydroxylation sites is 2. The normalized spacial score (nSPS) is 15.0. The highest BCUT2D eigenvalue weighted by Gasteiger charge is 2.21. The fourth-order valence-electron chi connectivity index (χ4n) is 3.33. The van der Waals surface area contributed by atoms with E-state index in [0.29, 0.717) is 13.2 Å². The van der Waals surface area contributed by atoms with E-state index in [0.717, 1.165) is 53.7 Å². The number of hydrogen-bond donors (Lipinski definition) is 0. The minimum absolute atomic E-state index is 0.0475. The number of rotatable bonds is 8. The summed E-state index contributed by atoms with van der Waals surface area (Å²) in [5.41, 5.74) is 0.981. The van der Waals surface area contributed by atoms with E-state index in [-0.39, 0.29) is 12.5 Å². The Hall–Kier alpha value is -2.48. The lowest BCUT2D eigenvalue weighted by Crippen LogP contribution is -2.50. The average molecular weight is 412 g/mol. The Morgan fingerprint density at radius 1 is 1.00 bits per heavy atom. The molecule has 0 saturated carbocycles. The van der Waals surface area contributed by atoms with Crippen LogP contribution in [0.25, 0.3) is 10.2 Å². The highest BCUT2D eigenvalue weighted by Crippen LogP contribution is 2.22. The van der Waals surface area contributed by atoms with Crippen molar-refractivity contribution in [1.29, 1.82) is 0 Å². The van der Waals surface area contributed by atoms with Crippen LogP contribution in [0, 0.1) is 0 Å². The van der Waals surface area contributed by atoms with Gasteiger partial charge in [-0.1, -0.05) is 30.3 Å². The molecule has 0 aliphatic carbocycles. The molecule has 1 aliphatic rings. The van der Waals surface area contributed by atoms with Crippen LogP contribution in [-0.2, 0) is 16.1 Å². The molecule has 7 heteroatoms. The number of carbonyl (C=O) groups excluding carboxylic acids is 1. The number of nitrogens with zero attached hydrogens (tertiary/aromatic N) is 3. The van der Waals surface area contributed by atoms with Gasteiger partial charge in [0.15, 0.2) is 0 Å². The lowest BCUT2D eigenvalue weighted by atomic mass is 10.3. The largest absolute Gasteiger partial charge is 0.492 e. The third kappa shape index (κ3) is 5.53. The summed E-state index contributed by atoms with van der Waals surface area (Å²) in [6.07, 6.45) is 0. The highest BCUT2D eigenvalue weighted by atomic mass is 32.1. The summed E-state index contributed by atoms with van der Waals surface area (Å²) in [5, 5.41) is 0.905.